The summed E-state index contributed by atoms with van der Waals surface area (Å²) in [7, 11) is 2.17. The van der Waals surface area contributed by atoms with Gasteiger partial charge in [0.2, 0.25) is 0 Å². The predicted octanol–water partition coefficient (Wildman–Crippen LogP) is 3.83. The number of piperidine rings is 1. The fourth-order valence-electron chi connectivity index (χ4n) is 3.59. The van der Waals surface area contributed by atoms with Crippen molar-refractivity contribution in [2.45, 2.75) is 31.4 Å². The van der Waals surface area contributed by atoms with Crippen LogP contribution in [0.15, 0.2) is 41.6 Å². The first-order valence-electron chi connectivity index (χ1n) is 9.88. The van der Waals surface area contributed by atoms with Crippen LogP contribution in [0.5, 0.6) is 0 Å². The Kier molecular flexibility index (Phi) is 6.37. The second-order valence-electron chi connectivity index (χ2n) is 7.58. The average molecular weight is 433 g/mol. The van der Waals surface area contributed by atoms with Gasteiger partial charge in [-0.2, -0.15) is 0 Å². The lowest BCUT2D eigenvalue weighted by Crippen LogP contribution is -2.36. The summed E-state index contributed by atoms with van der Waals surface area (Å²) in [5.41, 5.74) is 3.10. The summed E-state index contributed by atoms with van der Waals surface area (Å²) in [5, 5.41) is 10.7. The molecule has 1 unspecified atom stereocenters. The molecule has 6 nitrogen and oxygen atoms in total. The number of carbonyl (C=O) groups is 1. The van der Waals surface area contributed by atoms with Gasteiger partial charge in [0.1, 0.15) is 6.10 Å². The number of benzene rings is 1. The van der Waals surface area contributed by atoms with Crippen molar-refractivity contribution >= 4 is 40.2 Å². The third kappa shape index (κ3) is 5.29. The molecule has 1 fully saturated rings. The lowest BCUT2D eigenvalue weighted by Gasteiger charge is -2.30. The summed E-state index contributed by atoms with van der Waals surface area (Å²) in [6.07, 6.45) is 2.86. The lowest BCUT2D eigenvalue weighted by molar-refractivity contribution is 0.0755. The fraction of sp³-hybridized carbons (Fsp3) is 0.429. The van der Waals surface area contributed by atoms with Crippen molar-refractivity contribution in [2.75, 3.05) is 32.0 Å². The Morgan fingerprint density at radius 1 is 1.24 bits per heavy atom. The maximum absolute atomic E-state index is 12.1. The predicted molar refractivity (Wildman–Crippen MR) is 118 cm³/mol. The number of halogens is 1. The Morgan fingerprint density at radius 2 is 2.00 bits per heavy atom. The van der Waals surface area contributed by atoms with Gasteiger partial charge in [-0.25, -0.2) is 0 Å². The monoisotopic (exact) mass is 432 g/mol. The van der Waals surface area contributed by atoms with Crippen molar-refractivity contribution in [3.05, 3.63) is 51.2 Å². The molecular formula is C21H25ClN4O2S. The molecule has 29 heavy (non-hydrogen) atoms. The number of amides is 1. The quantitative estimate of drug-likeness (QED) is 0.728. The molecule has 0 radical (unpaired) electrons. The van der Waals surface area contributed by atoms with Crippen molar-refractivity contribution in [1.29, 1.82) is 0 Å². The van der Waals surface area contributed by atoms with E-state index in [9.17, 15) is 4.79 Å². The molecule has 0 spiro atoms. The number of thiophene rings is 1. The van der Waals surface area contributed by atoms with Crippen LogP contribution in [-0.4, -0.2) is 55.3 Å². The van der Waals surface area contributed by atoms with Crippen LogP contribution in [0.3, 0.4) is 0 Å². The largest absolute Gasteiger partial charge is 0.390 e. The van der Waals surface area contributed by atoms with E-state index in [2.05, 4.69) is 52.0 Å². The number of nitrogens with one attached hydrogen (secondary N) is 2. The molecule has 1 saturated heterocycles. The van der Waals surface area contributed by atoms with Crippen LogP contribution in [0, 0.1) is 0 Å². The molecule has 154 valence electrons. The molecule has 0 aliphatic carbocycles. The van der Waals surface area contributed by atoms with E-state index in [-0.39, 0.29) is 12.0 Å². The number of rotatable bonds is 6. The molecule has 0 saturated carbocycles. The first-order valence-corrected chi connectivity index (χ1v) is 11.1. The maximum atomic E-state index is 12.1. The molecule has 3 heterocycles. The molecule has 2 aliphatic rings. The lowest BCUT2D eigenvalue weighted by atomic mass is 10.0. The van der Waals surface area contributed by atoms with Crippen LogP contribution in [0.2, 0.25) is 4.34 Å². The minimum absolute atomic E-state index is 0.136. The topological polar surface area (TPSA) is 66.0 Å². The molecule has 1 amide bonds. The van der Waals surface area contributed by atoms with E-state index in [0.29, 0.717) is 28.2 Å². The van der Waals surface area contributed by atoms with Crippen molar-refractivity contribution in [3.8, 4) is 0 Å². The molecule has 2 aromatic rings. The van der Waals surface area contributed by atoms with Gasteiger partial charge < -0.3 is 20.4 Å². The third-order valence-electron chi connectivity index (χ3n) is 5.33. The van der Waals surface area contributed by atoms with Crippen molar-refractivity contribution in [2.24, 2.45) is 5.16 Å². The van der Waals surface area contributed by atoms with Crippen LogP contribution in [0.4, 0.5) is 5.69 Å². The summed E-state index contributed by atoms with van der Waals surface area (Å²) in [6.45, 7) is 2.69. The maximum Gasteiger partial charge on any atom is 0.261 e. The van der Waals surface area contributed by atoms with E-state index >= 15 is 0 Å². The van der Waals surface area contributed by atoms with Crippen LogP contribution >= 0.6 is 22.9 Å². The highest BCUT2D eigenvalue weighted by Crippen LogP contribution is 2.22. The molecule has 1 aromatic carbocycles. The zero-order valence-corrected chi connectivity index (χ0v) is 17.9. The summed E-state index contributed by atoms with van der Waals surface area (Å²) in [4.78, 5) is 20.6. The first kappa shape index (κ1) is 20.2. The van der Waals surface area contributed by atoms with Gasteiger partial charge in [-0.15, -0.1) is 11.3 Å². The highest BCUT2D eigenvalue weighted by molar-refractivity contribution is 7.17. The van der Waals surface area contributed by atoms with Crippen LogP contribution in [0.1, 0.15) is 34.5 Å². The smallest absolute Gasteiger partial charge is 0.261 e. The van der Waals surface area contributed by atoms with Crippen molar-refractivity contribution in [1.82, 2.24) is 10.2 Å². The zero-order valence-electron chi connectivity index (χ0n) is 16.4. The van der Waals surface area contributed by atoms with Crippen LogP contribution in [0.25, 0.3) is 0 Å². The Morgan fingerprint density at radius 3 is 2.69 bits per heavy atom. The Labute approximate surface area is 179 Å². The number of likely N-dealkylation sites (tertiary alicyclic amines) is 1. The number of carbonyl (C=O) groups excluding carboxylic acids is 1. The second-order valence-corrected chi connectivity index (χ2v) is 9.30. The second kappa shape index (κ2) is 9.15. The van der Waals surface area contributed by atoms with Gasteiger partial charge in [0, 0.05) is 18.2 Å². The Hall–Kier alpha value is -2.09. The van der Waals surface area contributed by atoms with Gasteiger partial charge in [0.25, 0.3) is 5.91 Å². The van der Waals surface area contributed by atoms with E-state index in [0.717, 1.165) is 30.1 Å². The number of oxime groups is 1. The standard InChI is InChI=1S/C21H25ClN4O2S/c1-26-10-8-16(9-11-26)24-15-4-2-14(3-5-15)18-12-17(28-25-18)13-23-21(27)19-6-7-20(22)29-19/h2-7,16-17,24H,8-13H2,1H3,(H,23,27). The Balaban J connectivity index is 1.25. The van der Waals surface area contributed by atoms with Gasteiger partial charge in [-0.1, -0.05) is 28.9 Å². The highest BCUT2D eigenvalue weighted by atomic mass is 35.5. The molecule has 2 N–H and O–H groups in total. The van der Waals surface area contributed by atoms with Gasteiger partial charge in [0.15, 0.2) is 0 Å². The molecular weight excluding hydrogens is 408 g/mol. The van der Waals surface area contributed by atoms with Gasteiger partial charge in [-0.05, 0) is 62.8 Å². The molecule has 4 rings (SSSR count). The highest BCUT2D eigenvalue weighted by Gasteiger charge is 2.23. The minimum Gasteiger partial charge on any atom is -0.390 e. The number of hydrogen-bond donors (Lipinski definition) is 2. The van der Waals surface area contributed by atoms with Gasteiger partial charge in [0.05, 0.1) is 21.5 Å². The van der Waals surface area contributed by atoms with E-state index in [1.165, 1.54) is 24.2 Å². The SMILES string of the molecule is CN1CCC(Nc2ccc(C3=NOC(CNC(=O)c4ccc(Cl)s4)C3)cc2)CC1. The Bertz CT molecular complexity index is 875. The van der Waals surface area contributed by atoms with E-state index in [1.807, 2.05) is 0 Å². The van der Waals surface area contributed by atoms with Crippen molar-refractivity contribution < 1.29 is 9.63 Å². The zero-order chi connectivity index (χ0) is 20.2. The van der Waals surface area contributed by atoms with E-state index in [1.54, 1.807) is 12.1 Å². The summed E-state index contributed by atoms with van der Waals surface area (Å²) in [5.74, 6) is -0.136. The van der Waals surface area contributed by atoms with Crippen molar-refractivity contribution in [3.63, 3.8) is 0 Å². The van der Waals surface area contributed by atoms with E-state index < -0.39 is 0 Å². The normalized spacial score (nSPS) is 20.2. The fourth-order valence-corrected chi connectivity index (χ4v) is 4.55. The summed E-state index contributed by atoms with van der Waals surface area (Å²) < 4.78 is 0.603. The minimum atomic E-state index is -0.151. The number of nitrogens with zero attached hydrogens (tertiary/aromatic N) is 2. The molecule has 1 aromatic heterocycles. The van der Waals surface area contributed by atoms with Crippen LogP contribution in [-0.2, 0) is 4.84 Å². The first-order chi connectivity index (χ1) is 14.1. The number of hydrogen-bond acceptors (Lipinski definition) is 6. The third-order valence-corrected chi connectivity index (χ3v) is 6.56. The number of anilines is 1. The van der Waals surface area contributed by atoms with Gasteiger partial charge >= 0.3 is 0 Å². The summed E-state index contributed by atoms with van der Waals surface area (Å²) in [6, 6.07) is 12.3. The van der Waals surface area contributed by atoms with Crippen LogP contribution < -0.4 is 10.6 Å². The summed E-state index contributed by atoms with van der Waals surface area (Å²) >= 11 is 7.14. The molecule has 0 bridgehead atoms. The average Bonchev–Trinajstić information content (AvgIpc) is 3.38. The van der Waals surface area contributed by atoms with E-state index in [4.69, 9.17) is 16.4 Å². The van der Waals surface area contributed by atoms with Gasteiger partial charge in [-0.3, -0.25) is 4.79 Å². The molecule has 8 heteroatoms. The molecule has 2 aliphatic heterocycles. The molecule has 1 atom stereocenters.